The first-order valence-electron chi connectivity index (χ1n) is 21.5. The summed E-state index contributed by atoms with van der Waals surface area (Å²) in [6, 6.07) is 0. The first-order chi connectivity index (χ1) is 26.0. The van der Waals surface area contributed by atoms with Crippen molar-refractivity contribution in [3.8, 4) is 0 Å². The second-order valence-corrected chi connectivity index (χ2v) is 14.0. The molecule has 0 saturated heterocycles. The summed E-state index contributed by atoms with van der Waals surface area (Å²) in [6.45, 7) is 6.36. The molecule has 0 amide bonds. The number of carbonyl (C=O) groups excluding carboxylic acids is 3. The quantitative estimate of drug-likeness (QED) is 0.0208. The highest BCUT2D eigenvalue weighted by Gasteiger charge is 2.19. The van der Waals surface area contributed by atoms with Gasteiger partial charge in [0.15, 0.2) is 6.10 Å². The van der Waals surface area contributed by atoms with Crippen LogP contribution in [0, 0.1) is 0 Å². The monoisotopic (exact) mass is 739 g/mol. The molecule has 0 fully saturated rings. The number of allylic oxidation sites excluding steroid dienone is 12. The lowest BCUT2D eigenvalue weighted by Gasteiger charge is -2.18. The minimum absolute atomic E-state index is 0.104. The molecule has 302 valence electrons. The molecule has 0 radical (unpaired) electrons. The van der Waals surface area contributed by atoms with E-state index in [9.17, 15) is 14.4 Å². The van der Waals surface area contributed by atoms with Gasteiger partial charge in [-0.2, -0.15) is 0 Å². The Hall–Kier alpha value is -3.15. The van der Waals surface area contributed by atoms with Crippen molar-refractivity contribution < 1.29 is 28.6 Å². The SMILES string of the molecule is CC\C=C/C=C\C=C/C=C\C=C/CCCC(=O)OCC(COC(=O)CCCCCCCCCCC)OC(=O)CCCCC/C=C\CCCCCCCC. The van der Waals surface area contributed by atoms with E-state index >= 15 is 0 Å². The van der Waals surface area contributed by atoms with Gasteiger partial charge in [0.25, 0.3) is 0 Å². The second kappa shape index (κ2) is 41.6. The van der Waals surface area contributed by atoms with Crippen molar-refractivity contribution in [3.05, 3.63) is 72.9 Å². The van der Waals surface area contributed by atoms with E-state index in [0.29, 0.717) is 19.3 Å². The van der Waals surface area contributed by atoms with Gasteiger partial charge in [-0.25, -0.2) is 0 Å². The van der Waals surface area contributed by atoms with Crippen LogP contribution in [0.3, 0.4) is 0 Å². The summed E-state index contributed by atoms with van der Waals surface area (Å²) in [5.41, 5.74) is 0. The van der Waals surface area contributed by atoms with Crippen LogP contribution in [0.25, 0.3) is 0 Å². The molecule has 0 aliphatic carbocycles. The summed E-state index contributed by atoms with van der Waals surface area (Å²) in [5, 5.41) is 0. The highest BCUT2D eigenvalue weighted by molar-refractivity contribution is 5.71. The van der Waals surface area contributed by atoms with Gasteiger partial charge in [0.2, 0.25) is 0 Å². The summed E-state index contributed by atoms with van der Waals surface area (Å²) >= 11 is 0. The smallest absolute Gasteiger partial charge is 0.306 e. The number of unbranched alkanes of at least 4 members (excludes halogenated alkanes) is 18. The molecule has 0 aliphatic rings. The Bertz CT molecular complexity index is 1030. The van der Waals surface area contributed by atoms with Gasteiger partial charge >= 0.3 is 17.9 Å². The fourth-order valence-electron chi connectivity index (χ4n) is 5.58. The number of hydrogen-bond acceptors (Lipinski definition) is 6. The summed E-state index contributed by atoms with van der Waals surface area (Å²) in [5.74, 6) is -1.01. The summed E-state index contributed by atoms with van der Waals surface area (Å²) in [4.78, 5) is 37.6. The molecule has 0 heterocycles. The molecule has 6 nitrogen and oxygen atoms in total. The fourth-order valence-corrected chi connectivity index (χ4v) is 5.58. The third-order valence-electron chi connectivity index (χ3n) is 8.82. The number of esters is 3. The van der Waals surface area contributed by atoms with Gasteiger partial charge < -0.3 is 14.2 Å². The highest BCUT2D eigenvalue weighted by Crippen LogP contribution is 2.13. The summed E-state index contributed by atoms with van der Waals surface area (Å²) in [7, 11) is 0. The molecule has 6 heteroatoms. The maximum atomic E-state index is 12.7. The zero-order valence-electron chi connectivity index (χ0n) is 34.3. The van der Waals surface area contributed by atoms with Crippen molar-refractivity contribution in [3.63, 3.8) is 0 Å². The van der Waals surface area contributed by atoms with Gasteiger partial charge in [-0.05, 0) is 57.8 Å². The summed E-state index contributed by atoms with van der Waals surface area (Å²) < 4.78 is 16.6. The van der Waals surface area contributed by atoms with Crippen molar-refractivity contribution in [1.82, 2.24) is 0 Å². The molecule has 0 saturated carbocycles. The average Bonchev–Trinajstić information content (AvgIpc) is 3.15. The van der Waals surface area contributed by atoms with Gasteiger partial charge in [0.1, 0.15) is 13.2 Å². The maximum Gasteiger partial charge on any atom is 0.306 e. The van der Waals surface area contributed by atoms with Crippen LogP contribution in [0.5, 0.6) is 0 Å². The number of hydrogen-bond donors (Lipinski definition) is 0. The lowest BCUT2D eigenvalue weighted by Crippen LogP contribution is -2.30. The summed E-state index contributed by atoms with van der Waals surface area (Å²) in [6.07, 6.45) is 50.4. The molecule has 0 aromatic rings. The van der Waals surface area contributed by atoms with Gasteiger partial charge in [0.05, 0.1) is 0 Å². The highest BCUT2D eigenvalue weighted by atomic mass is 16.6. The Kier molecular flexibility index (Phi) is 39.1. The maximum absolute atomic E-state index is 12.7. The topological polar surface area (TPSA) is 78.9 Å². The van der Waals surface area contributed by atoms with Crippen LogP contribution in [0.1, 0.15) is 188 Å². The standard InChI is InChI=1S/C47H78O6/c1-4-7-10-13-16-19-21-23-25-28-31-34-37-40-46(49)52-43-44(42-51-45(48)39-36-33-30-27-18-15-12-9-6-3)53-47(50)41-38-35-32-29-26-24-22-20-17-14-11-8-5-2/h7,10,13,16,19,21,23-26,28,31,44H,4-6,8-9,11-12,14-15,17-18,20,22,27,29-30,32-43H2,1-3H3/b10-7-,16-13-,21-19-,25-23-,26-24-,31-28-. The molecule has 0 rings (SSSR count). The van der Waals surface area contributed by atoms with Crippen molar-refractivity contribution in [2.75, 3.05) is 13.2 Å². The van der Waals surface area contributed by atoms with Crippen molar-refractivity contribution in [1.29, 1.82) is 0 Å². The first kappa shape index (κ1) is 49.9. The zero-order valence-corrected chi connectivity index (χ0v) is 34.3. The molecule has 1 atom stereocenters. The molecule has 0 aromatic carbocycles. The third-order valence-corrected chi connectivity index (χ3v) is 8.82. The minimum Gasteiger partial charge on any atom is -0.462 e. The molecule has 53 heavy (non-hydrogen) atoms. The second-order valence-electron chi connectivity index (χ2n) is 14.0. The van der Waals surface area contributed by atoms with Crippen LogP contribution in [0.15, 0.2) is 72.9 Å². The molecule has 0 aliphatic heterocycles. The largest absolute Gasteiger partial charge is 0.462 e. The Labute approximate surface area is 325 Å². The number of ether oxygens (including phenoxy) is 3. The molecular formula is C47H78O6. The van der Waals surface area contributed by atoms with Crippen LogP contribution in [0.4, 0.5) is 0 Å². The van der Waals surface area contributed by atoms with Crippen molar-refractivity contribution in [2.45, 2.75) is 194 Å². The lowest BCUT2D eigenvalue weighted by molar-refractivity contribution is -0.167. The van der Waals surface area contributed by atoms with E-state index in [-0.39, 0.29) is 37.5 Å². The molecule has 0 aromatic heterocycles. The van der Waals surface area contributed by atoms with E-state index in [2.05, 4.69) is 39.0 Å². The van der Waals surface area contributed by atoms with Crippen LogP contribution in [-0.2, 0) is 28.6 Å². The van der Waals surface area contributed by atoms with Crippen LogP contribution < -0.4 is 0 Å². The van der Waals surface area contributed by atoms with E-state index in [4.69, 9.17) is 14.2 Å². The van der Waals surface area contributed by atoms with E-state index in [1.165, 1.54) is 77.0 Å². The fraction of sp³-hybridized carbons (Fsp3) is 0.681. The third kappa shape index (κ3) is 39.9. The zero-order chi connectivity index (χ0) is 38.7. The molecule has 0 bridgehead atoms. The predicted molar refractivity (Wildman–Crippen MR) is 224 cm³/mol. The van der Waals surface area contributed by atoms with Gasteiger partial charge in [-0.3, -0.25) is 14.4 Å². The number of rotatable bonds is 37. The lowest BCUT2D eigenvalue weighted by atomic mass is 10.1. The van der Waals surface area contributed by atoms with Crippen LogP contribution >= 0.6 is 0 Å². The van der Waals surface area contributed by atoms with Gasteiger partial charge in [-0.15, -0.1) is 0 Å². The molecule has 1 unspecified atom stereocenters. The molecule has 0 N–H and O–H groups in total. The molecule has 0 spiro atoms. The van der Waals surface area contributed by atoms with Crippen LogP contribution in [-0.4, -0.2) is 37.2 Å². The molecular weight excluding hydrogens is 661 g/mol. The normalized spacial score (nSPS) is 12.7. The van der Waals surface area contributed by atoms with Gasteiger partial charge in [0, 0.05) is 19.3 Å². The Morgan fingerprint density at radius 2 is 0.774 bits per heavy atom. The van der Waals surface area contributed by atoms with Crippen molar-refractivity contribution >= 4 is 17.9 Å². The van der Waals surface area contributed by atoms with Crippen molar-refractivity contribution in [2.24, 2.45) is 0 Å². The minimum atomic E-state index is -0.806. The first-order valence-corrected chi connectivity index (χ1v) is 21.5. The van der Waals surface area contributed by atoms with E-state index in [1.54, 1.807) is 0 Å². The number of carbonyl (C=O) groups is 3. The Morgan fingerprint density at radius 3 is 1.28 bits per heavy atom. The van der Waals surface area contributed by atoms with E-state index < -0.39 is 6.10 Å². The van der Waals surface area contributed by atoms with Gasteiger partial charge in [-0.1, -0.05) is 184 Å². The Morgan fingerprint density at radius 1 is 0.396 bits per heavy atom. The predicted octanol–water partition coefficient (Wildman–Crippen LogP) is 13.5. The Balaban J connectivity index is 4.53. The van der Waals surface area contributed by atoms with E-state index in [1.807, 2.05) is 54.7 Å². The average molecular weight is 739 g/mol. The van der Waals surface area contributed by atoms with E-state index in [0.717, 1.165) is 64.2 Å². The van der Waals surface area contributed by atoms with Crippen LogP contribution in [0.2, 0.25) is 0 Å².